The molecule has 7 heteroatoms. The quantitative estimate of drug-likeness (QED) is 0.837. The van der Waals surface area contributed by atoms with Crippen LogP contribution < -0.4 is 20.1 Å². The first-order chi connectivity index (χ1) is 9.67. The maximum absolute atomic E-state index is 5.50. The van der Waals surface area contributed by atoms with Crippen molar-refractivity contribution in [2.75, 3.05) is 26.6 Å². The highest BCUT2D eigenvalue weighted by Crippen LogP contribution is 2.31. The van der Waals surface area contributed by atoms with E-state index in [4.69, 9.17) is 13.9 Å². The number of hydrogen-bond donors (Lipinski definition) is 2. The van der Waals surface area contributed by atoms with Crippen molar-refractivity contribution in [3.05, 3.63) is 24.1 Å². The van der Waals surface area contributed by atoms with Gasteiger partial charge in [0.15, 0.2) is 11.5 Å². The molecule has 2 N–H and O–H groups in total. The third kappa shape index (κ3) is 3.00. The zero-order valence-corrected chi connectivity index (χ0v) is 11.9. The number of aromatic nitrogens is 2. The molecule has 0 radical (unpaired) electrons. The maximum Gasteiger partial charge on any atom is 0.320 e. The van der Waals surface area contributed by atoms with Crippen LogP contribution in [0.3, 0.4) is 0 Å². The SMILES string of the molecule is CNC(C)c1nnc(Nc2ccc(OC)c(OC)c2)o1. The summed E-state index contributed by atoms with van der Waals surface area (Å²) in [7, 11) is 5.01. The van der Waals surface area contributed by atoms with E-state index in [1.165, 1.54) is 0 Å². The fourth-order valence-electron chi connectivity index (χ4n) is 1.62. The number of nitrogens with zero attached hydrogens (tertiary/aromatic N) is 2. The van der Waals surface area contributed by atoms with E-state index in [1.54, 1.807) is 26.4 Å². The van der Waals surface area contributed by atoms with E-state index < -0.39 is 0 Å². The number of benzene rings is 1. The first kappa shape index (κ1) is 14.1. The summed E-state index contributed by atoms with van der Waals surface area (Å²) >= 11 is 0. The molecule has 0 bridgehead atoms. The Kier molecular flexibility index (Phi) is 4.41. The number of rotatable bonds is 6. The molecule has 0 aliphatic rings. The van der Waals surface area contributed by atoms with E-state index >= 15 is 0 Å². The van der Waals surface area contributed by atoms with Crippen LogP contribution in [0.25, 0.3) is 0 Å². The predicted molar refractivity (Wildman–Crippen MR) is 74.6 cm³/mol. The van der Waals surface area contributed by atoms with Gasteiger partial charge in [-0.25, -0.2) is 0 Å². The van der Waals surface area contributed by atoms with Crippen LogP contribution in [0, 0.1) is 0 Å². The van der Waals surface area contributed by atoms with Gasteiger partial charge in [0.1, 0.15) is 0 Å². The average Bonchev–Trinajstić information content (AvgIpc) is 2.94. The highest BCUT2D eigenvalue weighted by molar-refractivity contribution is 5.58. The van der Waals surface area contributed by atoms with Gasteiger partial charge in [0.2, 0.25) is 5.89 Å². The number of methoxy groups -OCH3 is 2. The van der Waals surface area contributed by atoms with Crippen LogP contribution >= 0.6 is 0 Å². The molecule has 0 fully saturated rings. The van der Waals surface area contributed by atoms with Crippen LogP contribution in [-0.2, 0) is 0 Å². The molecule has 1 aromatic heterocycles. The average molecular weight is 278 g/mol. The maximum atomic E-state index is 5.50. The predicted octanol–water partition coefficient (Wildman–Crippen LogP) is 2.11. The molecule has 0 amide bonds. The highest BCUT2D eigenvalue weighted by Gasteiger charge is 2.12. The van der Waals surface area contributed by atoms with Crippen molar-refractivity contribution in [2.24, 2.45) is 0 Å². The Morgan fingerprint density at radius 3 is 2.55 bits per heavy atom. The number of nitrogens with one attached hydrogen (secondary N) is 2. The first-order valence-electron chi connectivity index (χ1n) is 6.17. The third-order valence-corrected chi connectivity index (χ3v) is 2.88. The summed E-state index contributed by atoms with van der Waals surface area (Å²) in [6, 6.07) is 5.77. The molecular formula is C13H18N4O3. The van der Waals surface area contributed by atoms with Crippen molar-refractivity contribution in [1.29, 1.82) is 0 Å². The van der Waals surface area contributed by atoms with Gasteiger partial charge in [0, 0.05) is 11.8 Å². The topological polar surface area (TPSA) is 81.4 Å². The second kappa shape index (κ2) is 6.25. The van der Waals surface area contributed by atoms with Crippen LogP contribution in [0.4, 0.5) is 11.7 Å². The van der Waals surface area contributed by atoms with Crippen LogP contribution in [0.2, 0.25) is 0 Å². The zero-order valence-electron chi connectivity index (χ0n) is 11.9. The minimum atomic E-state index is 0.00320. The smallest absolute Gasteiger partial charge is 0.320 e. The molecule has 0 saturated carbocycles. The van der Waals surface area contributed by atoms with Gasteiger partial charge in [-0.05, 0) is 26.1 Å². The summed E-state index contributed by atoms with van der Waals surface area (Å²) in [5, 5.41) is 14.0. The molecule has 7 nitrogen and oxygen atoms in total. The van der Waals surface area contributed by atoms with Crippen molar-refractivity contribution in [1.82, 2.24) is 15.5 Å². The summed E-state index contributed by atoms with van der Waals surface area (Å²) < 4.78 is 15.9. The second-order valence-corrected chi connectivity index (χ2v) is 4.15. The van der Waals surface area contributed by atoms with E-state index in [1.807, 2.05) is 20.0 Å². The van der Waals surface area contributed by atoms with Crippen LogP contribution in [0.5, 0.6) is 11.5 Å². The van der Waals surface area contributed by atoms with E-state index in [9.17, 15) is 0 Å². The van der Waals surface area contributed by atoms with Crippen molar-refractivity contribution in [2.45, 2.75) is 13.0 Å². The Morgan fingerprint density at radius 2 is 1.90 bits per heavy atom. The molecule has 0 aliphatic carbocycles. The van der Waals surface area contributed by atoms with Gasteiger partial charge in [-0.2, -0.15) is 0 Å². The lowest BCUT2D eigenvalue weighted by Gasteiger charge is -2.09. The Morgan fingerprint density at radius 1 is 1.15 bits per heavy atom. The highest BCUT2D eigenvalue weighted by atomic mass is 16.5. The van der Waals surface area contributed by atoms with E-state index in [0.29, 0.717) is 23.4 Å². The molecule has 1 heterocycles. The summed E-state index contributed by atoms with van der Waals surface area (Å²) in [6.45, 7) is 1.94. The minimum Gasteiger partial charge on any atom is -0.493 e. The van der Waals surface area contributed by atoms with Gasteiger partial charge in [0.05, 0.1) is 20.3 Å². The molecule has 0 saturated heterocycles. The number of ether oxygens (including phenoxy) is 2. The fourth-order valence-corrected chi connectivity index (χ4v) is 1.62. The van der Waals surface area contributed by atoms with Gasteiger partial charge < -0.3 is 24.5 Å². The normalized spacial score (nSPS) is 12.0. The molecule has 0 aliphatic heterocycles. The zero-order chi connectivity index (χ0) is 14.5. The molecule has 1 atom stereocenters. The number of anilines is 2. The number of hydrogen-bond acceptors (Lipinski definition) is 7. The standard InChI is InChI=1S/C13H18N4O3/c1-8(14-2)12-16-17-13(20-12)15-9-5-6-10(18-3)11(7-9)19-4/h5-8,14H,1-4H3,(H,15,17). The molecule has 108 valence electrons. The van der Waals surface area contributed by atoms with Gasteiger partial charge in [0.25, 0.3) is 0 Å². The lowest BCUT2D eigenvalue weighted by molar-refractivity contribution is 0.355. The summed E-state index contributed by atoms with van der Waals surface area (Å²) in [5.41, 5.74) is 0.773. The van der Waals surface area contributed by atoms with Crippen molar-refractivity contribution in [3.63, 3.8) is 0 Å². The summed E-state index contributed by atoms with van der Waals surface area (Å²) in [6.07, 6.45) is 0. The molecule has 2 aromatic rings. The molecule has 1 aromatic carbocycles. The van der Waals surface area contributed by atoms with Crippen LogP contribution in [0.1, 0.15) is 18.9 Å². The van der Waals surface area contributed by atoms with Crippen molar-refractivity contribution >= 4 is 11.7 Å². The van der Waals surface area contributed by atoms with Crippen molar-refractivity contribution < 1.29 is 13.9 Å². The van der Waals surface area contributed by atoms with E-state index in [-0.39, 0.29) is 6.04 Å². The third-order valence-electron chi connectivity index (χ3n) is 2.88. The van der Waals surface area contributed by atoms with Gasteiger partial charge >= 0.3 is 6.01 Å². The summed E-state index contributed by atoms with van der Waals surface area (Å²) in [4.78, 5) is 0. The molecule has 1 unspecified atom stereocenters. The lowest BCUT2D eigenvalue weighted by atomic mass is 10.3. The fraction of sp³-hybridized carbons (Fsp3) is 0.385. The van der Waals surface area contributed by atoms with Crippen LogP contribution in [-0.4, -0.2) is 31.5 Å². The van der Waals surface area contributed by atoms with Gasteiger partial charge in [-0.15, -0.1) is 5.10 Å². The van der Waals surface area contributed by atoms with E-state index in [0.717, 1.165) is 5.69 Å². The lowest BCUT2D eigenvalue weighted by Crippen LogP contribution is -2.12. The van der Waals surface area contributed by atoms with Gasteiger partial charge in [-0.1, -0.05) is 5.10 Å². The van der Waals surface area contributed by atoms with Crippen LogP contribution in [0.15, 0.2) is 22.6 Å². The van der Waals surface area contributed by atoms with E-state index in [2.05, 4.69) is 20.8 Å². The molecule has 0 spiro atoms. The monoisotopic (exact) mass is 278 g/mol. The van der Waals surface area contributed by atoms with Gasteiger partial charge in [-0.3, -0.25) is 0 Å². The Balaban J connectivity index is 2.15. The molecule has 20 heavy (non-hydrogen) atoms. The first-order valence-corrected chi connectivity index (χ1v) is 6.17. The molecular weight excluding hydrogens is 260 g/mol. The Bertz CT molecular complexity index is 570. The Hall–Kier alpha value is -2.28. The second-order valence-electron chi connectivity index (χ2n) is 4.15. The largest absolute Gasteiger partial charge is 0.493 e. The van der Waals surface area contributed by atoms with Crippen molar-refractivity contribution in [3.8, 4) is 11.5 Å². The Labute approximate surface area is 117 Å². The minimum absolute atomic E-state index is 0.00320. The summed E-state index contributed by atoms with van der Waals surface area (Å²) in [5.74, 6) is 1.81. The molecule has 2 rings (SSSR count).